The van der Waals surface area contributed by atoms with Gasteiger partial charge in [-0.05, 0) is 193 Å². The van der Waals surface area contributed by atoms with Gasteiger partial charge in [0, 0.05) is 55.4 Å². The lowest BCUT2D eigenvalue weighted by atomic mass is 9.58. The number of benzene rings is 2. The first-order valence-electron chi connectivity index (χ1n) is 25.5. The van der Waals surface area contributed by atoms with Crippen LogP contribution in [0.3, 0.4) is 0 Å². The molecule has 342 valence electrons. The molecule has 4 aliphatic heterocycles. The molecular formula is C58H65N3O5. The van der Waals surface area contributed by atoms with Crippen molar-refractivity contribution in [3.05, 3.63) is 131 Å². The second-order valence-electron chi connectivity index (χ2n) is 22.8. The van der Waals surface area contributed by atoms with Gasteiger partial charge in [-0.1, -0.05) is 62.4 Å². The maximum atomic E-state index is 11.9. The minimum atomic E-state index is -0.336. The van der Waals surface area contributed by atoms with E-state index in [1.54, 1.807) is 7.05 Å². The molecule has 8 nitrogen and oxygen atoms in total. The maximum absolute atomic E-state index is 11.9. The third-order valence-electron chi connectivity index (χ3n) is 19.9. The smallest absolute Gasteiger partial charge is 0.407 e. The molecule has 2 aromatic carbocycles. The van der Waals surface area contributed by atoms with Crippen LogP contribution in [0.5, 0.6) is 0 Å². The van der Waals surface area contributed by atoms with E-state index >= 15 is 0 Å². The molecule has 1 amide bonds. The number of hydrogen-bond donors (Lipinski definition) is 2. The number of fused-ring (bicyclic) bond motifs is 4. The Morgan fingerprint density at radius 1 is 0.667 bits per heavy atom. The van der Waals surface area contributed by atoms with Crippen LogP contribution in [0.2, 0.25) is 0 Å². The summed E-state index contributed by atoms with van der Waals surface area (Å²) in [6.07, 6.45) is 33.8. The SMILES string of the molecule is CNC(=O)O[C@H]1CCC2=CC3=CC[C@]4(C)[C@@H](c5ccc6ccncc6c5)CC[C@H]4C34CC[C@]2(C1)O4.C[C@]12CC=C3C=C4CC[C@H](O)C[C@]45CCC3(O5)[C@@H]1CC[C@@H]2c1ccc2ccncc2c1. The molecule has 6 fully saturated rings. The van der Waals surface area contributed by atoms with Gasteiger partial charge in [0.1, 0.15) is 6.10 Å². The molecule has 6 heterocycles. The number of alkyl carbamates (subject to hydrolysis) is 1. The van der Waals surface area contributed by atoms with Gasteiger partial charge in [0.25, 0.3) is 0 Å². The predicted molar refractivity (Wildman–Crippen MR) is 257 cm³/mol. The summed E-state index contributed by atoms with van der Waals surface area (Å²) in [4.78, 5) is 20.6. The van der Waals surface area contributed by atoms with E-state index in [0.29, 0.717) is 23.7 Å². The van der Waals surface area contributed by atoms with E-state index in [1.807, 2.05) is 24.8 Å². The molecule has 2 unspecified atom stereocenters. The third kappa shape index (κ3) is 5.89. The Kier molecular flexibility index (Phi) is 9.25. The minimum absolute atomic E-state index is 0.0784. The quantitative estimate of drug-likeness (QED) is 0.211. The average molecular weight is 884 g/mol. The summed E-state index contributed by atoms with van der Waals surface area (Å²) in [6.45, 7) is 5.03. The van der Waals surface area contributed by atoms with Crippen LogP contribution in [0, 0.1) is 22.7 Å². The van der Waals surface area contributed by atoms with E-state index in [4.69, 9.17) is 14.2 Å². The summed E-state index contributed by atoms with van der Waals surface area (Å²) in [6, 6.07) is 18.2. The van der Waals surface area contributed by atoms with Crippen LogP contribution in [0.25, 0.3) is 21.5 Å². The summed E-state index contributed by atoms with van der Waals surface area (Å²) in [5, 5.41) is 18.0. The van der Waals surface area contributed by atoms with Crippen LogP contribution in [0.15, 0.2) is 120 Å². The number of nitrogens with zero attached hydrogens (tertiary/aromatic N) is 2. The minimum Gasteiger partial charge on any atom is -0.446 e. The summed E-state index contributed by atoms with van der Waals surface area (Å²) < 4.78 is 20.2. The highest BCUT2D eigenvalue weighted by molar-refractivity contribution is 5.83. The van der Waals surface area contributed by atoms with Crippen LogP contribution in [0.4, 0.5) is 4.79 Å². The molecule has 66 heavy (non-hydrogen) atoms. The highest BCUT2D eigenvalue weighted by Gasteiger charge is 2.68. The Bertz CT molecular complexity index is 2810. The molecule has 2 aromatic heterocycles. The fourth-order valence-electron chi connectivity index (χ4n) is 16.8. The van der Waals surface area contributed by atoms with E-state index in [-0.39, 0.29) is 51.5 Å². The van der Waals surface area contributed by atoms with Gasteiger partial charge in [0.05, 0.1) is 28.5 Å². The second kappa shape index (κ2) is 14.7. The van der Waals surface area contributed by atoms with Crippen molar-refractivity contribution in [3.8, 4) is 0 Å². The number of carbonyl (C=O) groups is 1. The molecule has 2 saturated heterocycles. The Morgan fingerprint density at radius 3 is 1.74 bits per heavy atom. The molecule has 4 saturated carbocycles. The summed E-state index contributed by atoms with van der Waals surface area (Å²) >= 11 is 0. The molecule has 4 bridgehead atoms. The van der Waals surface area contributed by atoms with Crippen LogP contribution in [-0.4, -0.2) is 62.8 Å². The Hall–Kier alpha value is -4.63. The number of carbonyl (C=O) groups excluding carboxylic acids is 1. The van der Waals surface area contributed by atoms with Gasteiger partial charge in [-0.15, -0.1) is 0 Å². The molecule has 10 aliphatic rings. The molecule has 6 aliphatic carbocycles. The first kappa shape index (κ1) is 41.5. The van der Waals surface area contributed by atoms with Crippen LogP contribution in [0.1, 0.15) is 140 Å². The number of rotatable bonds is 3. The lowest BCUT2D eigenvalue weighted by Crippen LogP contribution is -2.54. The Labute approximate surface area is 389 Å². The normalized spacial score (nSPS) is 41.0. The fraction of sp³-hybridized carbons (Fsp3) is 0.534. The van der Waals surface area contributed by atoms with Crippen molar-refractivity contribution >= 4 is 27.6 Å². The topological polar surface area (TPSA) is 103 Å². The van der Waals surface area contributed by atoms with Crippen molar-refractivity contribution in [1.82, 2.24) is 15.3 Å². The standard InChI is InChI=1S/C30H34N2O3.C28H31NO2/c1-28-11-9-23-16-22-5-6-24(34-27(33)31-2)17-29(22)12-13-30(23,35-29)26(28)8-7-25(28)20-4-3-19-10-14-32-18-21(19)15-20;1-26-10-8-22-15-21-4-5-23(30)16-27(21)11-12-28(22,31-27)25(26)7-6-24(26)19-3-2-18-9-13-29-17-20(18)14-19/h3-4,9-10,14-16,18,24-26H,5-8,11-13,17H2,1-2H3,(H,31,33);2-3,8-9,13-15,17,23-25,30H,4-7,10-12,16H2,1H3/t24-,25+,26+,28+,29+,30?;23-,24+,25+,26+,27+,28?/m00/s1. The van der Waals surface area contributed by atoms with E-state index in [9.17, 15) is 9.90 Å². The zero-order valence-corrected chi connectivity index (χ0v) is 39.0. The van der Waals surface area contributed by atoms with E-state index < -0.39 is 0 Å². The molecule has 8 heteroatoms. The molecular weight excluding hydrogens is 819 g/mol. The monoisotopic (exact) mass is 883 g/mol. The van der Waals surface area contributed by atoms with Gasteiger partial charge in [-0.2, -0.15) is 0 Å². The second-order valence-corrected chi connectivity index (χ2v) is 22.8. The number of aliphatic hydroxyl groups excluding tert-OH is 1. The first-order valence-corrected chi connectivity index (χ1v) is 25.5. The van der Waals surface area contributed by atoms with Crippen molar-refractivity contribution in [3.63, 3.8) is 0 Å². The summed E-state index contributed by atoms with van der Waals surface area (Å²) in [7, 11) is 1.62. The molecule has 0 radical (unpaired) electrons. The number of aliphatic hydroxyl groups is 1. The zero-order chi connectivity index (χ0) is 44.7. The summed E-state index contributed by atoms with van der Waals surface area (Å²) in [5.74, 6) is 2.12. The van der Waals surface area contributed by atoms with Crippen molar-refractivity contribution in [1.29, 1.82) is 0 Å². The number of nitrogens with one attached hydrogen (secondary N) is 1. The number of amides is 1. The molecule has 12 atom stereocenters. The first-order chi connectivity index (χ1) is 32.0. The molecule has 4 aromatic rings. The van der Waals surface area contributed by atoms with E-state index in [2.05, 4.69) is 102 Å². The van der Waals surface area contributed by atoms with E-state index in [1.165, 1.54) is 80.6 Å². The Balaban J connectivity index is 0.000000133. The molecule has 2 N–H and O–H groups in total. The highest BCUT2D eigenvalue weighted by atomic mass is 16.6. The molecule has 4 spiro atoms. The number of allylic oxidation sites excluding steroid dienone is 2. The number of hydrogen-bond acceptors (Lipinski definition) is 7. The van der Waals surface area contributed by atoms with Gasteiger partial charge in [-0.3, -0.25) is 9.97 Å². The van der Waals surface area contributed by atoms with Gasteiger partial charge in [0.2, 0.25) is 0 Å². The zero-order valence-electron chi connectivity index (χ0n) is 39.0. The van der Waals surface area contributed by atoms with Crippen LogP contribution in [-0.2, 0) is 14.2 Å². The number of pyridine rings is 2. The van der Waals surface area contributed by atoms with Crippen molar-refractivity contribution in [2.45, 2.75) is 163 Å². The lowest BCUT2D eigenvalue weighted by Gasteiger charge is -2.54. The van der Waals surface area contributed by atoms with Crippen LogP contribution < -0.4 is 5.32 Å². The van der Waals surface area contributed by atoms with Crippen LogP contribution >= 0.6 is 0 Å². The average Bonchev–Trinajstić information content (AvgIpc) is 4.06. The van der Waals surface area contributed by atoms with E-state index in [0.717, 1.165) is 77.0 Å². The molecule has 14 rings (SSSR count). The lowest BCUT2D eigenvalue weighted by molar-refractivity contribution is -0.145. The van der Waals surface area contributed by atoms with Gasteiger partial charge >= 0.3 is 6.09 Å². The largest absolute Gasteiger partial charge is 0.446 e. The van der Waals surface area contributed by atoms with Crippen molar-refractivity contribution < 1.29 is 24.1 Å². The maximum Gasteiger partial charge on any atom is 0.407 e. The predicted octanol–water partition coefficient (Wildman–Crippen LogP) is 12.0. The van der Waals surface area contributed by atoms with Crippen molar-refractivity contribution in [2.24, 2.45) is 22.7 Å². The number of ether oxygens (including phenoxy) is 3. The Morgan fingerprint density at radius 2 is 1.20 bits per heavy atom. The fourth-order valence-corrected chi connectivity index (χ4v) is 16.8. The summed E-state index contributed by atoms with van der Waals surface area (Å²) in [5.41, 5.74) is 8.26. The van der Waals surface area contributed by atoms with Gasteiger partial charge < -0.3 is 24.6 Å². The number of aromatic nitrogens is 2. The van der Waals surface area contributed by atoms with Gasteiger partial charge in [-0.25, -0.2) is 4.79 Å². The highest BCUT2D eigenvalue weighted by Crippen LogP contribution is 2.71. The third-order valence-corrected chi connectivity index (χ3v) is 19.9. The van der Waals surface area contributed by atoms with Gasteiger partial charge in [0.15, 0.2) is 0 Å². The van der Waals surface area contributed by atoms with Crippen molar-refractivity contribution in [2.75, 3.05) is 7.05 Å².